The lowest BCUT2D eigenvalue weighted by Crippen LogP contribution is -2.28. The summed E-state index contributed by atoms with van der Waals surface area (Å²) in [6, 6.07) is 23.6. The highest BCUT2D eigenvalue weighted by atomic mass is 32.2. The third kappa shape index (κ3) is 6.57. The standard InChI is InChI=1S/C24H25NO3S/c1-18-3-13-23(14-4-18)29-17-19-5-7-20(8-6-19)24(26)25-15-16-28-22-11-9-21(27-2)10-12-22/h3-14H,15-17H2,1-2H3,(H,25,26). The van der Waals surface area contributed by atoms with E-state index in [-0.39, 0.29) is 5.91 Å². The van der Waals surface area contributed by atoms with Gasteiger partial charge in [-0.05, 0) is 61.0 Å². The van der Waals surface area contributed by atoms with Gasteiger partial charge in [-0.25, -0.2) is 0 Å². The molecule has 0 heterocycles. The van der Waals surface area contributed by atoms with E-state index in [1.807, 2.05) is 48.5 Å². The number of amides is 1. The van der Waals surface area contributed by atoms with Crippen molar-refractivity contribution < 1.29 is 14.3 Å². The van der Waals surface area contributed by atoms with Crippen molar-refractivity contribution >= 4 is 17.7 Å². The Hall–Kier alpha value is -2.92. The number of ether oxygens (including phenoxy) is 2. The van der Waals surface area contributed by atoms with Crippen molar-refractivity contribution in [2.45, 2.75) is 17.6 Å². The molecule has 0 aliphatic heterocycles. The second-order valence-corrected chi connectivity index (χ2v) is 7.63. The number of hydrogen-bond donors (Lipinski definition) is 1. The molecule has 150 valence electrons. The van der Waals surface area contributed by atoms with Crippen LogP contribution in [0.2, 0.25) is 0 Å². The fourth-order valence-electron chi connectivity index (χ4n) is 2.66. The highest BCUT2D eigenvalue weighted by molar-refractivity contribution is 7.98. The Kier molecular flexibility index (Phi) is 7.59. The molecular formula is C24H25NO3S. The monoisotopic (exact) mass is 407 g/mol. The van der Waals surface area contributed by atoms with Crippen molar-refractivity contribution in [3.05, 3.63) is 89.5 Å². The Bertz CT molecular complexity index is 906. The Morgan fingerprint density at radius 3 is 2.21 bits per heavy atom. The summed E-state index contributed by atoms with van der Waals surface area (Å²) < 4.78 is 10.7. The number of carbonyl (C=O) groups excluding carboxylic acids is 1. The zero-order valence-electron chi connectivity index (χ0n) is 16.7. The first-order valence-corrected chi connectivity index (χ1v) is 10.5. The second kappa shape index (κ2) is 10.6. The smallest absolute Gasteiger partial charge is 0.251 e. The van der Waals surface area contributed by atoms with E-state index in [2.05, 4.69) is 36.5 Å². The van der Waals surface area contributed by atoms with Crippen LogP contribution < -0.4 is 14.8 Å². The van der Waals surface area contributed by atoms with E-state index in [0.29, 0.717) is 18.7 Å². The zero-order chi connectivity index (χ0) is 20.5. The minimum Gasteiger partial charge on any atom is -0.497 e. The lowest BCUT2D eigenvalue weighted by Gasteiger charge is -2.09. The normalized spacial score (nSPS) is 10.4. The summed E-state index contributed by atoms with van der Waals surface area (Å²) >= 11 is 1.79. The summed E-state index contributed by atoms with van der Waals surface area (Å²) in [5.74, 6) is 2.31. The topological polar surface area (TPSA) is 47.6 Å². The number of nitrogens with one attached hydrogen (secondary N) is 1. The first kappa shape index (κ1) is 20.8. The summed E-state index contributed by atoms with van der Waals surface area (Å²) in [5.41, 5.74) is 3.10. The van der Waals surface area contributed by atoms with Crippen LogP contribution in [0.5, 0.6) is 11.5 Å². The molecule has 0 aromatic heterocycles. The molecule has 0 aliphatic rings. The van der Waals surface area contributed by atoms with Crippen LogP contribution in [-0.2, 0) is 5.75 Å². The number of thioether (sulfide) groups is 1. The molecule has 0 saturated heterocycles. The van der Waals surface area contributed by atoms with E-state index in [0.717, 1.165) is 17.3 Å². The van der Waals surface area contributed by atoms with Crippen LogP contribution in [0.25, 0.3) is 0 Å². The molecule has 0 saturated carbocycles. The van der Waals surface area contributed by atoms with Gasteiger partial charge in [0.15, 0.2) is 0 Å². The molecule has 3 rings (SSSR count). The van der Waals surface area contributed by atoms with Crippen LogP contribution in [0.4, 0.5) is 0 Å². The Morgan fingerprint density at radius 2 is 1.55 bits per heavy atom. The molecular weight excluding hydrogens is 382 g/mol. The average Bonchev–Trinajstić information content (AvgIpc) is 2.77. The summed E-state index contributed by atoms with van der Waals surface area (Å²) in [4.78, 5) is 13.5. The molecule has 0 aliphatic carbocycles. The number of aryl methyl sites for hydroxylation is 1. The van der Waals surface area contributed by atoms with Crippen LogP contribution in [-0.4, -0.2) is 26.2 Å². The van der Waals surface area contributed by atoms with Crippen LogP contribution in [0.3, 0.4) is 0 Å². The van der Waals surface area contributed by atoms with Crippen LogP contribution in [0, 0.1) is 6.92 Å². The summed E-state index contributed by atoms with van der Waals surface area (Å²) in [6.45, 7) is 2.93. The van der Waals surface area contributed by atoms with Gasteiger partial charge in [0.05, 0.1) is 13.7 Å². The van der Waals surface area contributed by atoms with Gasteiger partial charge in [-0.15, -0.1) is 11.8 Å². The van der Waals surface area contributed by atoms with Crippen molar-refractivity contribution in [1.29, 1.82) is 0 Å². The summed E-state index contributed by atoms with van der Waals surface area (Å²) in [6.07, 6.45) is 0. The molecule has 0 spiro atoms. The van der Waals surface area contributed by atoms with Crippen molar-refractivity contribution in [1.82, 2.24) is 5.32 Å². The van der Waals surface area contributed by atoms with Gasteiger partial charge in [-0.3, -0.25) is 4.79 Å². The predicted octanol–water partition coefficient (Wildman–Crippen LogP) is 5.10. The van der Waals surface area contributed by atoms with Crippen molar-refractivity contribution in [3.8, 4) is 11.5 Å². The van der Waals surface area contributed by atoms with E-state index in [1.54, 1.807) is 18.9 Å². The predicted molar refractivity (Wildman–Crippen MR) is 118 cm³/mol. The van der Waals surface area contributed by atoms with Gasteiger partial charge in [0.25, 0.3) is 5.91 Å². The van der Waals surface area contributed by atoms with E-state index < -0.39 is 0 Å². The molecule has 3 aromatic rings. The first-order valence-electron chi connectivity index (χ1n) is 9.47. The SMILES string of the molecule is COc1ccc(OCCNC(=O)c2ccc(CSc3ccc(C)cc3)cc2)cc1. The number of methoxy groups -OCH3 is 1. The number of hydrogen-bond acceptors (Lipinski definition) is 4. The van der Waals surface area contributed by atoms with Gasteiger partial charge in [-0.2, -0.15) is 0 Å². The van der Waals surface area contributed by atoms with Crippen LogP contribution >= 0.6 is 11.8 Å². The molecule has 1 N–H and O–H groups in total. The average molecular weight is 408 g/mol. The summed E-state index contributed by atoms with van der Waals surface area (Å²) in [7, 11) is 1.63. The molecule has 1 amide bonds. The van der Waals surface area contributed by atoms with Gasteiger partial charge in [-0.1, -0.05) is 29.8 Å². The molecule has 0 unspecified atom stereocenters. The van der Waals surface area contributed by atoms with Gasteiger partial charge in [0.2, 0.25) is 0 Å². The fraction of sp³-hybridized carbons (Fsp3) is 0.208. The van der Waals surface area contributed by atoms with Gasteiger partial charge in [0.1, 0.15) is 18.1 Å². The van der Waals surface area contributed by atoms with Crippen LogP contribution in [0.15, 0.2) is 77.7 Å². The molecule has 0 radical (unpaired) electrons. The van der Waals surface area contributed by atoms with Crippen LogP contribution in [0.1, 0.15) is 21.5 Å². The highest BCUT2D eigenvalue weighted by Gasteiger charge is 2.05. The minimum atomic E-state index is -0.0962. The Morgan fingerprint density at radius 1 is 0.897 bits per heavy atom. The van der Waals surface area contributed by atoms with E-state index in [4.69, 9.17) is 9.47 Å². The third-order valence-electron chi connectivity index (χ3n) is 4.36. The van der Waals surface area contributed by atoms with Crippen molar-refractivity contribution in [2.24, 2.45) is 0 Å². The molecule has 0 bridgehead atoms. The molecule has 4 nitrogen and oxygen atoms in total. The molecule has 3 aromatic carbocycles. The van der Waals surface area contributed by atoms with E-state index >= 15 is 0 Å². The highest BCUT2D eigenvalue weighted by Crippen LogP contribution is 2.23. The van der Waals surface area contributed by atoms with Gasteiger partial charge < -0.3 is 14.8 Å². The Labute approximate surface area is 176 Å². The molecule has 5 heteroatoms. The lowest BCUT2D eigenvalue weighted by molar-refractivity contribution is 0.0947. The Balaban J connectivity index is 1.40. The lowest BCUT2D eigenvalue weighted by atomic mass is 10.1. The van der Waals surface area contributed by atoms with Gasteiger partial charge >= 0.3 is 0 Å². The number of rotatable bonds is 9. The second-order valence-electron chi connectivity index (χ2n) is 6.58. The first-order chi connectivity index (χ1) is 14.1. The van der Waals surface area contributed by atoms with E-state index in [9.17, 15) is 4.79 Å². The largest absolute Gasteiger partial charge is 0.497 e. The summed E-state index contributed by atoms with van der Waals surface area (Å²) in [5, 5.41) is 2.88. The third-order valence-corrected chi connectivity index (χ3v) is 5.44. The zero-order valence-corrected chi connectivity index (χ0v) is 17.5. The molecule has 29 heavy (non-hydrogen) atoms. The molecule has 0 atom stereocenters. The van der Waals surface area contributed by atoms with Crippen molar-refractivity contribution in [2.75, 3.05) is 20.3 Å². The maximum atomic E-state index is 12.3. The maximum Gasteiger partial charge on any atom is 0.251 e. The maximum absolute atomic E-state index is 12.3. The quantitative estimate of drug-likeness (QED) is 0.396. The number of benzene rings is 3. The minimum absolute atomic E-state index is 0.0962. The van der Waals surface area contributed by atoms with Crippen molar-refractivity contribution in [3.63, 3.8) is 0 Å². The van der Waals surface area contributed by atoms with Gasteiger partial charge in [0, 0.05) is 16.2 Å². The van der Waals surface area contributed by atoms with E-state index in [1.165, 1.54) is 16.0 Å². The number of carbonyl (C=O) groups is 1. The fourth-order valence-corrected chi connectivity index (χ4v) is 3.52. The molecule has 0 fully saturated rings.